The predicted molar refractivity (Wildman–Crippen MR) is 76.5 cm³/mol. The van der Waals surface area contributed by atoms with Gasteiger partial charge in [0.1, 0.15) is 0 Å². The highest BCUT2D eigenvalue weighted by atomic mass is 31.2. The van der Waals surface area contributed by atoms with Gasteiger partial charge in [-0.1, -0.05) is 6.92 Å². The molecule has 2 aromatic heterocycles. The van der Waals surface area contributed by atoms with E-state index in [0.29, 0.717) is 23.2 Å². The quantitative estimate of drug-likeness (QED) is 0.594. The highest BCUT2D eigenvalue weighted by molar-refractivity contribution is 7.44. The molecule has 0 bridgehead atoms. The zero-order valence-electron chi connectivity index (χ0n) is 11.6. The summed E-state index contributed by atoms with van der Waals surface area (Å²) in [6.45, 7) is 1.78. The van der Waals surface area contributed by atoms with Crippen molar-refractivity contribution in [2.45, 2.75) is 13.3 Å². The molecule has 0 aliphatic carbocycles. The normalized spacial score (nSPS) is 12.4. The maximum Gasteiger partial charge on any atom is 0.607 e. The van der Waals surface area contributed by atoms with E-state index < -0.39 is 15.5 Å². The summed E-state index contributed by atoms with van der Waals surface area (Å²) >= 11 is 0. The Kier molecular flexibility index (Phi) is 4.63. The van der Waals surface area contributed by atoms with Crippen LogP contribution in [0.15, 0.2) is 42.9 Å². The van der Waals surface area contributed by atoms with Gasteiger partial charge >= 0.3 is 15.5 Å². The molecule has 2 rings (SSSR count). The van der Waals surface area contributed by atoms with Crippen molar-refractivity contribution >= 4 is 15.5 Å². The van der Waals surface area contributed by atoms with Gasteiger partial charge in [-0.3, -0.25) is 19.6 Å². The summed E-state index contributed by atoms with van der Waals surface area (Å²) in [5, 5.41) is 0. The van der Waals surface area contributed by atoms with Gasteiger partial charge in [0.15, 0.2) is 24.3 Å². The fourth-order valence-corrected chi connectivity index (χ4v) is 3.28. The van der Waals surface area contributed by atoms with E-state index >= 15 is 0 Å². The molecule has 8 nitrogen and oxygen atoms in total. The summed E-state index contributed by atoms with van der Waals surface area (Å²) < 4.78 is 24.2. The second kappa shape index (κ2) is 6.01. The van der Waals surface area contributed by atoms with Gasteiger partial charge in [-0.2, -0.15) is 9.13 Å². The van der Waals surface area contributed by atoms with Crippen molar-refractivity contribution in [3.05, 3.63) is 48.5 Å². The lowest BCUT2D eigenvalue weighted by Crippen LogP contribution is -2.34. The minimum Gasteiger partial charge on any atom is -0.271 e. The van der Waals surface area contributed by atoms with Gasteiger partial charge < -0.3 is 0 Å². The number of hydrogen-bond donors (Lipinski definition) is 4. The summed E-state index contributed by atoms with van der Waals surface area (Å²) in [5.41, 5.74) is 1.83. The predicted octanol–water partition coefficient (Wildman–Crippen LogP) is 0.373. The van der Waals surface area contributed by atoms with Crippen LogP contribution in [0.2, 0.25) is 0 Å². The summed E-state index contributed by atoms with van der Waals surface area (Å²) in [5.74, 6) is 0. The van der Waals surface area contributed by atoms with Crippen LogP contribution in [0.5, 0.6) is 0 Å². The minimum absolute atomic E-state index is 0.425. The van der Waals surface area contributed by atoms with Gasteiger partial charge in [-0.25, -0.2) is 0 Å². The zero-order valence-corrected chi connectivity index (χ0v) is 13.4. The van der Waals surface area contributed by atoms with Crippen molar-refractivity contribution in [1.82, 2.24) is 0 Å². The topological polar surface area (TPSA) is 123 Å². The van der Waals surface area contributed by atoms with Crippen LogP contribution in [0.3, 0.4) is 0 Å². The molecule has 2 heterocycles. The smallest absolute Gasteiger partial charge is 0.271 e. The van der Waals surface area contributed by atoms with Crippen molar-refractivity contribution in [3.8, 4) is 11.1 Å². The van der Waals surface area contributed by atoms with E-state index in [4.69, 9.17) is 9.79 Å². The first-order valence-corrected chi connectivity index (χ1v) is 9.45. The summed E-state index contributed by atoms with van der Waals surface area (Å²) in [6.07, 6.45) is 4.24. The Morgan fingerprint density at radius 1 is 0.909 bits per heavy atom. The fraction of sp³-hybridized carbons (Fsp3) is 0.167. The first-order chi connectivity index (χ1) is 10.1. The van der Waals surface area contributed by atoms with Gasteiger partial charge in [0.05, 0.1) is 0 Å². The summed E-state index contributed by atoms with van der Waals surface area (Å²) in [6, 6.07) is 6.22. The molecule has 0 atom stereocenters. The first-order valence-electron chi connectivity index (χ1n) is 6.32. The molecule has 0 fully saturated rings. The molecule has 2 aromatic rings. The van der Waals surface area contributed by atoms with Gasteiger partial charge in [-0.15, -0.1) is 8.68 Å². The zero-order chi connectivity index (χ0) is 16.5. The molecule has 4 N–H and O–H groups in total. The second-order valence-corrected chi connectivity index (χ2v) is 7.54. The van der Waals surface area contributed by atoms with E-state index in [9.17, 15) is 18.9 Å². The van der Waals surface area contributed by atoms with Crippen molar-refractivity contribution in [2.75, 3.05) is 0 Å². The Morgan fingerprint density at radius 3 is 1.91 bits per heavy atom. The maximum absolute atomic E-state index is 11.4. The van der Waals surface area contributed by atoms with Crippen LogP contribution in [0, 0.1) is 0 Å². The standard InChI is InChI=1S/C12H14N2O6P2/c1-2-12-9-11(5-8-14(12)22(18,19)20)10-3-6-13(7-4-10)21(15,16)17/h3-9H,2H2,1H3,(H2-2,15,16,17,18,19,20)/p+2. The van der Waals surface area contributed by atoms with Crippen LogP contribution in [-0.2, 0) is 15.6 Å². The molecule has 0 radical (unpaired) electrons. The average Bonchev–Trinajstić information content (AvgIpc) is 2.45. The molecule has 22 heavy (non-hydrogen) atoms. The Morgan fingerprint density at radius 2 is 1.45 bits per heavy atom. The lowest BCUT2D eigenvalue weighted by Gasteiger charge is -2.06. The molecule has 118 valence electrons. The average molecular weight is 346 g/mol. The van der Waals surface area contributed by atoms with Crippen LogP contribution < -0.4 is 8.68 Å². The fourth-order valence-electron chi connectivity index (χ4n) is 2.02. The summed E-state index contributed by atoms with van der Waals surface area (Å²) in [4.78, 5) is 36.6. The molecule has 0 aliphatic rings. The maximum atomic E-state index is 11.4. The highest BCUT2D eigenvalue weighted by Gasteiger charge is 2.31. The van der Waals surface area contributed by atoms with Gasteiger partial charge in [-0.05, 0) is 11.1 Å². The Bertz CT molecular complexity index is 781. The van der Waals surface area contributed by atoms with Crippen LogP contribution >= 0.6 is 15.5 Å². The van der Waals surface area contributed by atoms with E-state index in [2.05, 4.69) is 0 Å². The van der Waals surface area contributed by atoms with Crippen LogP contribution in [0.1, 0.15) is 12.6 Å². The molecule has 0 saturated carbocycles. The van der Waals surface area contributed by atoms with Crippen LogP contribution in [0.4, 0.5) is 0 Å². The molecular formula is C12H16N2O6P2+2. The molecule has 0 amide bonds. The minimum atomic E-state index is -4.40. The third kappa shape index (κ3) is 3.67. The highest BCUT2D eigenvalue weighted by Crippen LogP contribution is 2.31. The van der Waals surface area contributed by atoms with Gasteiger partial charge in [0, 0.05) is 30.7 Å². The molecule has 0 spiro atoms. The number of nitrogens with zero attached hydrogens (tertiary/aromatic N) is 2. The number of rotatable bonds is 4. The number of aromatic nitrogens is 2. The van der Waals surface area contributed by atoms with E-state index in [-0.39, 0.29) is 0 Å². The van der Waals surface area contributed by atoms with Crippen LogP contribution in [-0.4, -0.2) is 19.6 Å². The van der Waals surface area contributed by atoms with E-state index in [1.165, 1.54) is 36.8 Å². The molecule has 0 unspecified atom stereocenters. The van der Waals surface area contributed by atoms with Crippen molar-refractivity contribution in [3.63, 3.8) is 0 Å². The van der Waals surface area contributed by atoms with E-state index in [1.54, 1.807) is 13.0 Å². The number of pyridine rings is 2. The second-order valence-electron chi connectivity index (χ2n) is 4.60. The first kappa shape index (κ1) is 17.0. The molecule has 10 heteroatoms. The SMILES string of the molecule is CCc1cc(-c2cc[n+](P(=O)(O)O)cc2)cc[n+]1P(=O)(O)O. The third-order valence-corrected chi connectivity index (χ3v) is 4.92. The van der Waals surface area contributed by atoms with Crippen LogP contribution in [0.25, 0.3) is 11.1 Å². The number of hydrogen-bond acceptors (Lipinski definition) is 2. The molecule has 0 aromatic carbocycles. The lowest BCUT2D eigenvalue weighted by atomic mass is 10.1. The Labute approximate surface area is 126 Å². The van der Waals surface area contributed by atoms with E-state index in [0.717, 1.165) is 8.68 Å². The van der Waals surface area contributed by atoms with Crippen molar-refractivity contribution in [1.29, 1.82) is 0 Å². The van der Waals surface area contributed by atoms with Gasteiger partial charge in [0.25, 0.3) is 0 Å². The molecule has 0 aliphatic heterocycles. The largest absolute Gasteiger partial charge is 0.607 e. The lowest BCUT2D eigenvalue weighted by molar-refractivity contribution is -0.548. The van der Waals surface area contributed by atoms with Crippen molar-refractivity contribution in [2.24, 2.45) is 0 Å². The van der Waals surface area contributed by atoms with Gasteiger partial charge in [0.2, 0.25) is 0 Å². The monoisotopic (exact) mass is 346 g/mol. The third-order valence-electron chi connectivity index (χ3n) is 3.10. The van der Waals surface area contributed by atoms with Crippen molar-refractivity contribution < 1.29 is 37.4 Å². The Hall–Kier alpha value is -1.40. The molecular weight excluding hydrogens is 330 g/mol. The Balaban J connectivity index is 2.46. The number of aryl methyl sites for hydroxylation is 1. The summed E-state index contributed by atoms with van der Waals surface area (Å²) in [7, 11) is -8.77. The molecule has 0 saturated heterocycles. The van der Waals surface area contributed by atoms with E-state index in [1.807, 2.05) is 0 Å².